The molecule has 1 N–H and O–H groups in total. The van der Waals surface area contributed by atoms with Crippen LogP contribution in [0.25, 0.3) is 0 Å². The number of thioether (sulfide) groups is 1. The van der Waals surface area contributed by atoms with E-state index in [1.807, 2.05) is 0 Å². The van der Waals surface area contributed by atoms with Crippen LogP contribution in [-0.4, -0.2) is 12.1 Å². The normalized spacial score (nSPS) is 19.8. The van der Waals surface area contributed by atoms with Gasteiger partial charge in [0, 0.05) is 10.9 Å². The number of halogens is 4. The van der Waals surface area contributed by atoms with Crippen molar-refractivity contribution in [3.8, 4) is 0 Å². The molecule has 90 valence electrons. The minimum Gasteiger partial charge on any atom is -0.310 e. The molecule has 0 aliphatic carbocycles. The summed E-state index contributed by atoms with van der Waals surface area (Å²) in [5.74, 6) is 0. The molecule has 1 fully saturated rings. The van der Waals surface area contributed by atoms with Crippen LogP contribution in [0.4, 0.5) is 13.2 Å². The van der Waals surface area contributed by atoms with Gasteiger partial charge in [-0.05, 0) is 42.4 Å². The predicted molar refractivity (Wildman–Crippen MR) is 61.0 cm³/mol. The second kappa shape index (κ2) is 5.29. The highest BCUT2D eigenvalue weighted by Gasteiger charge is 2.29. The Morgan fingerprint density at radius 3 is 2.12 bits per heavy atom. The number of rotatable bonds is 2. The molecule has 6 heteroatoms. The van der Waals surface area contributed by atoms with E-state index >= 15 is 0 Å². The summed E-state index contributed by atoms with van der Waals surface area (Å²) in [6.07, 6.45) is 1.06. The molecule has 1 atom stereocenters. The minimum absolute atomic E-state index is 0. The zero-order chi connectivity index (χ0) is 10.9. The molecule has 0 unspecified atom stereocenters. The molecule has 1 aromatic carbocycles. The monoisotopic (exact) mass is 269 g/mol. The van der Waals surface area contributed by atoms with E-state index < -0.39 is 5.51 Å². The molecule has 0 aromatic heterocycles. The quantitative estimate of drug-likeness (QED) is 0.821. The van der Waals surface area contributed by atoms with Crippen LogP contribution in [0.5, 0.6) is 0 Å². The Labute approximate surface area is 102 Å². The van der Waals surface area contributed by atoms with Crippen molar-refractivity contribution in [3.63, 3.8) is 0 Å². The highest BCUT2D eigenvalue weighted by Crippen LogP contribution is 2.37. The third-order valence-corrected chi connectivity index (χ3v) is 3.08. The summed E-state index contributed by atoms with van der Waals surface area (Å²) in [6, 6.07) is 6.88. The van der Waals surface area contributed by atoms with Gasteiger partial charge in [0.2, 0.25) is 0 Å². The standard InChI is InChI=1S/C10H10F3NS.ClH/c11-10(12,13)15-8-3-1-7(2-4-8)9-5-6-14-9;/h1-4,9,14H,5-6H2;1H/t9-;/m0./s1. The summed E-state index contributed by atoms with van der Waals surface area (Å²) in [6.45, 7) is 0.990. The van der Waals surface area contributed by atoms with E-state index in [1.165, 1.54) is 12.1 Å². The minimum atomic E-state index is -4.20. The number of hydrogen-bond donors (Lipinski definition) is 1. The van der Waals surface area contributed by atoms with Gasteiger partial charge in [0.1, 0.15) is 0 Å². The maximum Gasteiger partial charge on any atom is 0.446 e. The summed E-state index contributed by atoms with van der Waals surface area (Å²) in [4.78, 5) is 0.241. The highest BCUT2D eigenvalue weighted by molar-refractivity contribution is 8.00. The largest absolute Gasteiger partial charge is 0.446 e. The van der Waals surface area contributed by atoms with Crippen LogP contribution < -0.4 is 5.32 Å². The fourth-order valence-corrected chi connectivity index (χ4v) is 2.01. The molecule has 0 amide bonds. The van der Waals surface area contributed by atoms with Gasteiger partial charge >= 0.3 is 5.51 Å². The van der Waals surface area contributed by atoms with Crippen LogP contribution in [0.15, 0.2) is 29.2 Å². The van der Waals surface area contributed by atoms with Crippen molar-refractivity contribution in [2.75, 3.05) is 6.54 Å². The van der Waals surface area contributed by atoms with Crippen molar-refractivity contribution >= 4 is 24.2 Å². The first-order valence-electron chi connectivity index (χ1n) is 4.64. The third kappa shape index (κ3) is 3.57. The van der Waals surface area contributed by atoms with Crippen molar-refractivity contribution < 1.29 is 13.2 Å². The fourth-order valence-electron chi connectivity index (χ4n) is 1.48. The maximum atomic E-state index is 12.0. The molecule has 0 bridgehead atoms. The summed E-state index contributed by atoms with van der Waals surface area (Å²) in [5, 5.41) is 3.20. The van der Waals surface area contributed by atoms with Crippen LogP contribution in [0, 0.1) is 0 Å². The molecular formula is C10H11ClF3NS. The molecule has 1 heterocycles. The van der Waals surface area contributed by atoms with Gasteiger partial charge in [-0.15, -0.1) is 12.4 Å². The zero-order valence-corrected chi connectivity index (χ0v) is 9.88. The summed E-state index contributed by atoms with van der Waals surface area (Å²) < 4.78 is 36.1. The van der Waals surface area contributed by atoms with E-state index in [4.69, 9.17) is 0 Å². The summed E-state index contributed by atoms with van der Waals surface area (Å²) in [7, 11) is 0. The smallest absolute Gasteiger partial charge is 0.310 e. The lowest BCUT2D eigenvalue weighted by molar-refractivity contribution is -0.0328. The summed E-state index contributed by atoms with van der Waals surface area (Å²) in [5.41, 5.74) is -3.14. The van der Waals surface area contributed by atoms with E-state index in [0.717, 1.165) is 18.5 Å². The predicted octanol–water partition coefficient (Wildman–Crippen LogP) is 3.75. The number of hydrogen-bond acceptors (Lipinski definition) is 2. The molecule has 1 aliphatic heterocycles. The molecule has 0 spiro atoms. The average molecular weight is 270 g/mol. The number of benzene rings is 1. The molecule has 1 saturated heterocycles. The van der Waals surface area contributed by atoms with Gasteiger partial charge < -0.3 is 5.32 Å². The van der Waals surface area contributed by atoms with Gasteiger partial charge in [-0.25, -0.2) is 0 Å². The van der Waals surface area contributed by atoms with Gasteiger partial charge in [-0.2, -0.15) is 13.2 Å². The van der Waals surface area contributed by atoms with Gasteiger partial charge in [-0.1, -0.05) is 12.1 Å². The van der Waals surface area contributed by atoms with E-state index in [0.29, 0.717) is 6.04 Å². The van der Waals surface area contributed by atoms with Crippen LogP contribution in [0.2, 0.25) is 0 Å². The SMILES string of the molecule is Cl.FC(F)(F)Sc1ccc([C@@H]2CCN2)cc1. The van der Waals surface area contributed by atoms with Gasteiger partial charge in [0.15, 0.2) is 0 Å². The van der Waals surface area contributed by atoms with E-state index in [-0.39, 0.29) is 29.1 Å². The Morgan fingerprint density at radius 1 is 1.19 bits per heavy atom. The molecule has 2 rings (SSSR count). The fraction of sp³-hybridized carbons (Fsp3) is 0.400. The molecule has 1 aromatic rings. The van der Waals surface area contributed by atoms with Crippen molar-refractivity contribution in [2.45, 2.75) is 22.9 Å². The molecule has 0 saturated carbocycles. The van der Waals surface area contributed by atoms with Gasteiger partial charge in [-0.3, -0.25) is 0 Å². The molecule has 1 nitrogen and oxygen atoms in total. The number of nitrogens with one attached hydrogen (secondary N) is 1. The lowest BCUT2D eigenvalue weighted by Crippen LogP contribution is -2.34. The topological polar surface area (TPSA) is 12.0 Å². The van der Waals surface area contributed by atoms with Crippen LogP contribution in [0.1, 0.15) is 18.0 Å². The molecular weight excluding hydrogens is 259 g/mol. The highest BCUT2D eigenvalue weighted by atomic mass is 35.5. The van der Waals surface area contributed by atoms with Crippen molar-refractivity contribution in [3.05, 3.63) is 29.8 Å². The van der Waals surface area contributed by atoms with Crippen molar-refractivity contribution in [2.24, 2.45) is 0 Å². The van der Waals surface area contributed by atoms with E-state index in [2.05, 4.69) is 5.32 Å². The number of alkyl halides is 3. The lowest BCUT2D eigenvalue weighted by Gasteiger charge is -2.28. The first-order chi connectivity index (χ1) is 7.04. The molecule has 1 aliphatic rings. The molecule has 16 heavy (non-hydrogen) atoms. The second-order valence-corrected chi connectivity index (χ2v) is 4.55. The van der Waals surface area contributed by atoms with Gasteiger partial charge in [0.05, 0.1) is 0 Å². The third-order valence-electron chi connectivity index (χ3n) is 2.34. The van der Waals surface area contributed by atoms with Crippen LogP contribution in [-0.2, 0) is 0 Å². The summed E-state index contributed by atoms with van der Waals surface area (Å²) >= 11 is -0.0736. The van der Waals surface area contributed by atoms with E-state index in [1.54, 1.807) is 12.1 Å². The van der Waals surface area contributed by atoms with E-state index in [9.17, 15) is 13.2 Å². The molecule has 0 radical (unpaired) electrons. The lowest BCUT2D eigenvalue weighted by atomic mass is 9.98. The Balaban J connectivity index is 0.00000128. The van der Waals surface area contributed by atoms with Crippen LogP contribution in [0.3, 0.4) is 0 Å². The second-order valence-electron chi connectivity index (χ2n) is 3.41. The Kier molecular flexibility index (Phi) is 4.52. The van der Waals surface area contributed by atoms with Crippen molar-refractivity contribution in [1.82, 2.24) is 5.32 Å². The zero-order valence-electron chi connectivity index (χ0n) is 8.25. The Bertz CT molecular complexity index is 335. The first kappa shape index (κ1) is 13.7. The maximum absolute atomic E-state index is 12.0. The Hall–Kier alpha value is -0.390. The Morgan fingerprint density at radius 2 is 1.75 bits per heavy atom. The van der Waals surface area contributed by atoms with Gasteiger partial charge in [0.25, 0.3) is 0 Å². The first-order valence-corrected chi connectivity index (χ1v) is 5.45. The van der Waals surface area contributed by atoms with Crippen LogP contribution >= 0.6 is 24.2 Å². The van der Waals surface area contributed by atoms with Crippen molar-refractivity contribution in [1.29, 1.82) is 0 Å². The average Bonchev–Trinajstić information content (AvgIpc) is 2.02.